The first-order valence-corrected chi connectivity index (χ1v) is 14.3. The number of methoxy groups -OCH3 is 2. The summed E-state index contributed by atoms with van der Waals surface area (Å²) in [5, 5.41) is 25.0. The Bertz CT molecular complexity index is 1420. The Morgan fingerprint density at radius 3 is 2.74 bits per heavy atom. The van der Waals surface area contributed by atoms with Crippen LogP contribution in [0.5, 0.6) is 11.5 Å². The Balaban J connectivity index is 1.31. The third-order valence-electron chi connectivity index (χ3n) is 6.23. The maximum atomic E-state index is 12.7. The zero-order chi connectivity index (χ0) is 27.8. The lowest BCUT2D eigenvalue weighted by Gasteiger charge is -2.09. The number of hydrogen-bond acceptors (Lipinski definition) is 9. The summed E-state index contributed by atoms with van der Waals surface area (Å²) < 4.78 is 12.4. The number of nitrogens with zero attached hydrogens (tertiary/aromatic N) is 4. The molecule has 1 aliphatic rings. The Labute approximate surface area is 235 Å². The average Bonchev–Trinajstić information content (AvgIpc) is 3.53. The first-order valence-electron chi connectivity index (χ1n) is 12.5. The zero-order valence-corrected chi connectivity index (χ0v) is 23.7. The first kappa shape index (κ1) is 28.2. The number of nitriles is 1. The van der Waals surface area contributed by atoms with E-state index in [1.54, 1.807) is 32.4 Å². The number of aromatic nitrogens is 3. The van der Waals surface area contributed by atoms with Gasteiger partial charge in [-0.25, -0.2) is 0 Å². The molecule has 0 spiro atoms. The van der Waals surface area contributed by atoms with Gasteiger partial charge in [0.2, 0.25) is 11.8 Å². The smallest absolute Gasteiger partial charge is 0.244 e. The number of aryl methyl sites for hydroxylation is 1. The molecule has 0 atom stereocenters. The van der Waals surface area contributed by atoms with Crippen molar-refractivity contribution >= 4 is 46.0 Å². The van der Waals surface area contributed by atoms with Gasteiger partial charge in [-0.1, -0.05) is 17.8 Å². The van der Waals surface area contributed by atoms with Gasteiger partial charge in [0.25, 0.3) is 0 Å². The number of thiophene rings is 1. The molecular weight excluding hydrogens is 536 g/mol. The topological polar surface area (TPSA) is 131 Å². The number of rotatable bonds is 11. The number of anilines is 1. The SMILES string of the molecule is CCn1c(CNC(=O)/C=C/c2ccc(OC)c(OC)c2)nnc1SCC(=O)Nc1sc2c(c1C#N)CCCC2. The maximum Gasteiger partial charge on any atom is 0.244 e. The van der Waals surface area contributed by atoms with Crippen LogP contribution in [0, 0.1) is 11.3 Å². The molecule has 39 heavy (non-hydrogen) atoms. The first-order chi connectivity index (χ1) is 19.0. The fraction of sp³-hybridized carbons (Fsp3) is 0.370. The number of carbonyl (C=O) groups excluding carboxylic acids is 2. The Morgan fingerprint density at radius 2 is 2.00 bits per heavy atom. The molecular formula is C27H30N6O4S2. The fourth-order valence-corrected chi connectivity index (χ4v) is 6.37. The molecule has 4 rings (SSSR count). The van der Waals surface area contributed by atoms with Gasteiger partial charge >= 0.3 is 0 Å². The highest BCUT2D eigenvalue weighted by atomic mass is 32.2. The van der Waals surface area contributed by atoms with Crippen LogP contribution in [0.1, 0.15) is 47.2 Å². The summed E-state index contributed by atoms with van der Waals surface area (Å²) in [6.07, 6.45) is 7.17. The van der Waals surface area contributed by atoms with Gasteiger partial charge < -0.3 is 24.7 Å². The van der Waals surface area contributed by atoms with E-state index in [1.165, 1.54) is 34.1 Å². The van der Waals surface area contributed by atoms with Crippen LogP contribution in [0.15, 0.2) is 29.4 Å². The minimum atomic E-state index is -0.282. The van der Waals surface area contributed by atoms with Gasteiger partial charge in [0.15, 0.2) is 22.5 Å². The van der Waals surface area contributed by atoms with E-state index in [0.717, 1.165) is 36.8 Å². The van der Waals surface area contributed by atoms with E-state index >= 15 is 0 Å². The largest absolute Gasteiger partial charge is 0.493 e. The highest BCUT2D eigenvalue weighted by molar-refractivity contribution is 7.99. The lowest BCUT2D eigenvalue weighted by atomic mass is 9.96. The van der Waals surface area contributed by atoms with Gasteiger partial charge in [0, 0.05) is 17.5 Å². The van der Waals surface area contributed by atoms with Gasteiger partial charge in [-0.05, 0) is 61.9 Å². The quantitative estimate of drug-likeness (QED) is 0.261. The van der Waals surface area contributed by atoms with Crippen LogP contribution in [-0.4, -0.2) is 46.6 Å². The van der Waals surface area contributed by atoms with E-state index in [-0.39, 0.29) is 24.1 Å². The molecule has 2 aromatic heterocycles. The summed E-state index contributed by atoms with van der Waals surface area (Å²) >= 11 is 2.78. The Morgan fingerprint density at radius 1 is 1.21 bits per heavy atom. The van der Waals surface area contributed by atoms with Crippen molar-refractivity contribution in [2.75, 3.05) is 25.3 Å². The Kier molecular flexibility index (Phi) is 9.62. The third kappa shape index (κ3) is 6.79. The minimum absolute atomic E-state index is 0.131. The van der Waals surface area contributed by atoms with Crippen molar-refractivity contribution < 1.29 is 19.1 Å². The molecule has 3 aromatic rings. The summed E-state index contributed by atoms with van der Waals surface area (Å²) in [5.74, 6) is 1.43. The molecule has 12 heteroatoms. The van der Waals surface area contributed by atoms with Crippen molar-refractivity contribution in [1.29, 1.82) is 5.26 Å². The maximum absolute atomic E-state index is 12.7. The highest BCUT2D eigenvalue weighted by Crippen LogP contribution is 2.37. The number of ether oxygens (including phenoxy) is 2. The van der Waals surface area contributed by atoms with Crippen LogP contribution >= 0.6 is 23.1 Å². The normalized spacial score (nSPS) is 12.6. The molecule has 2 amide bonds. The number of thioether (sulfide) groups is 1. The summed E-state index contributed by atoms with van der Waals surface area (Å²) in [6, 6.07) is 7.65. The fourth-order valence-electron chi connectivity index (χ4n) is 4.29. The molecule has 0 radical (unpaired) electrons. The summed E-state index contributed by atoms with van der Waals surface area (Å²) in [4.78, 5) is 26.3. The van der Waals surface area contributed by atoms with Crippen molar-refractivity contribution in [2.24, 2.45) is 0 Å². The molecule has 10 nitrogen and oxygen atoms in total. The molecule has 1 aromatic carbocycles. The number of amides is 2. The Hall–Kier alpha value is -3.82. The number of fused-ring (bicyclic) bond motifs is 1. The van der Waals surface area contributed by atoms with Crippen LogP contribution in [0.4, 0.5) is 5.00 Å². The molecule has 0 bridgehead atoms. The number of nitrogens with one attached hydrogen (secondary N) is 2. The molecule has 0 fully saturated rings. The average molecular weight is 567 g/mol. The summed E-state index contributed by atoms with van der Waals surface area (Å²) in [5.41, 5.74) is 2.48. The van der Waals surface area contributed by atoms with Crippen LogP contribution < -0.4 is 20.1 Å². The molecule has 204 valence electrons. The second kappa shape index (κ2) is 13.3. The van der Waals surface area contributed by atoms with Crippen LogP contribution in [0.25, 0.3) is 6.08 Å². The van der Waals surface area contributed by atoms with E-state index in [4.69, 9.17) is 9.47 Å². The monoisotopic (exact) mass is 566 g/mol. The van der Waals surface area contributed by atoms with Crippen molar-refractivity contribution in [3.8, 4) is 17.6 Å². The predicted molar refractivity (Wildman–Crippen MR) is 151 cm³/mol. The van der Waals surface area contributed by atoms with E-state index in [0.29, 0.717) is 39.6 Å². The van der Waals surface area contributed by atoms with E-state index in [9.17, 15) is 14.9 Å². The summed E-state index contributed by atoms with van der Waals surface area (Å²) in [7, 11) is 3.12. The van der Waals surface area contributed by atoms with Gasteiger partial charge in [-0.3, -0.25) is 9.59 Å². The lowest BCUT2D eigenvalue weighted by molar-refractivity contribution is -0.116. The second-order valence-electron chi connectivity index (χ2n) is 8.67. The molecule has 0 saturated heterocycles. The van der Waals surface area contributed by atoms with Crippen molar-refractivity contribution in [1.82, 2.24) is 20.1 Å². The number of carbonyl (C=O) groups is 2. The van der Waals surface area contributed by atoms with Crippen molar-refractivity contribution in [2.45, 2.75) is 50.9 Å². The molecule has 0 aliphatic heterocycles. The molecule has 0 saturated carbocycles. The molecule has 0 unspecified atom stereocenters. The molecule has 2 N–H and O–H groups in total. The lowest BCUT2D eigenvalue weighted by Crippen LogP contribution is -2.22. The van der Waals surface area contributed by atoms with Crippen LogP contribution in [0.2, 0.25) is 0 Å². The van der Waals surface area contributed by atoms with Gasteiger partial charge in [-0.2, -0.15) is 5.26 Å². The van der Waals surface area contributed by atoms with E-state index in [1.807, 2.05) is 17.6 Å². The second-order valence-corrected chi connectivity index (χ2v) is 10.7. The highest BCUT2D eigenvalue weighted by Gasteiger charge is 2.22. The number of hydrogen-bond donors (Lipinski definition) is 2. The predicted octanol–water partition coefficient (Wildman–Crippen LogP) is 4.19. The zero-order valence-electron chi connectivity index (χ0n) is 22.1. The van der Waals surface area contributed by atoms with Crippen LogP contribution in [-0.2, 0) is 35.5 Å². The van der Waals surface area contributed by atoms with Gasteiger partial charge in [0.1, 0.15) is 11.1 Å². The number of benzene rings is 1. The summed E-state index contributed by atoms with van der Waals surface area (Å²) in [6.45, 7) is 2.72. The standard InChI is InChI=1S/C27H30N6O4S2/c1-4-33-23(15-29-24(34)12-10-17-9-11-20(36-2)21(13-17)37-3)31-32-27(33)38-16-25(35)30-26-19(14-28)18-7-5-6-8-22(18)39-26/h9-13H,4-8,15-16H2,1-3H3,(H,29,34)(H,30,35)/b12-10+. The van der Waals surface area contributed by atoms with Crippen molar-refractivity contribution in [3.63, 3.8) is 0 Å². The third-order valence-corrected chi connectivity index (χ3v) is 8.41. The molecule has 1 aliphatic carbocycles. The van der Waals surface area contributed by atoms with Crippen LogP contribution in [0.3, 0.4) is 0 Å². The molecule has 2 heterocycles. The van der Waals surface area contributed by atoms with E-state index in [2.05, 4.69) is 26.9 Å². The minimum Gasteiger partial charge on any atom is -0.493 e. The van der Waals surface area contributed by atoms with Gasteiger partial charge in [0.05, 0.1) is 32.1 Å². The van der Waals surface area contributed by atoms with Crippen molar-refractivity contribution in [3.05, 3.63) is 51.7 Å². The van der Waals surface area contributed by atoms with E-state index < -0.39 is 0 Å². The van der Waals surface area contributed by atoms with Gasteiger partial charge in [-0.15, -0.1) is 21.5 Å².